The lowest BCUT2D eigenvalue weighted by atomic mass is 10.1. The van der Waals surface area contributed by atoms with Crippen LogP contribution in [0.2, 0.25) is 10.2 Å². The predicted molar refractivity (Wildman–Crippen MR) is 94.0 cm³/mol. The summed E-state index contributed by atoms with van der Waals surface area (Å²) in [6, 6.07) is 6.82. The molecule has 1 aromatic heterocycles. The van der Waals surface area contributed by atoms with Gasteiger partial charge in [-0.2, -0.15) is 0 Å². The summed E-state index contributed by atoms with van der Waals surface area (Å²) in [6.07, 6.45) is 1.22. The van der Waals surface area contributed by atoms with Crippen LogP contribution in [0.3, 0.4) is 0 Å². The van der Waals surface area contributed by atoms with Gasteiger partial charge in [0.15, 0.2) is 0 Å². The van der Waals surface area contributed by atoms with Crippen molar-refractivity contribution in [1.82, 2.24) is 15.4 Å². The van der Waals surface area contributed by atoms with E-state index in [1.807, 2.05) is 0 Å². The van der Waals surface area contributed by atoms with Gasteiger partial charge in [0.05, 0.1) is 21.7 Å². The van der Waals surface area contributed by atoms with Crippen molar-refractivity contribution < 1.29 is 14.0 Å². The zero-order chi connectivity index (χ0) is 18.8. The fourth-order valence-corrected chi connectivity index (χ4v) is 2.46. The van der Waals surface area contributed by atoms with Gasteiger partial charge in [0, 0.05) is 6.20 Å². The maximum atomic E-state index is 13.8. The molecule has 1 aromatic carbocycles. The molecule has 5 nitrogen and oxygen atoms in total. The van der Waals surface area contributed by atoms with Crippen molar-refractivity contribution in [3.05, 3.63) is 63.6 Å². The average molecular weight is 384 g/mol. The Morgan fingerprint density at radius 2 is 1.80 bits per heavy atom. The molecular weight excluding hydrogens is 368 g/mol. The molecule has 0 bridgehead atoms. The van der Waals surface area contributed by atoms with Crippen LogP contribution in [-0.2, 0) is 0 Å². The minimum absolute atomic E-state index is 0.0647. The summed E-state index contributed by atoms with van der Waals surface area (Å²) in [7, 11) is 0. The third-order valence-electron chi connectivity index (χ3n) is 3.26. The second-order valence-corrected chi connectivity index (χ2v) is 7.01. The van der Waals surface area contributed by atoms with E-state index in [0.29, 0.717) is 0 Å². The minimum atomic E-state index is -0.805. The van der Waals surface area contributed by atoms with Crippen LogP contribution in [0.1, 0.15) is 41.5 Å². The van der Waals surface area contributed by atoms with Crippen molar-refractivity contribution in [2.45, 2.75) is 26.3 Å². The standard InChI is InChI=1S/C17H16Cl2FN3O2/c1-17(2,3)23(16(25)11-9-21-14(19)8-12(11)18)22-15(24)10-6-4-5-7-13(10)20/h4-9H,1-3H3,(H,22,24). The molecule has 0 unspecified atom stereocenters. The van der Waals surface area contributed by atoms with Crippen LogP contribution in [0.5, 0.6) is 0 Å². The Bertz CT molecular complexity index is 822. The van der Waals surface area contributed by atoms with Gasteiger partial charge in [-0.1, -0.05) is 35.3 Å². The van der Waals surface area contributed by atoms with Gasteiger partial charge >= 0.3 is 0 Å². The topological polar surface area (TPSA) is 62.3 Å². The molecule has 132 valence electrons. The second-order valence-electron chi connectivity index (χ2n) is 6.22. The Kier molecular flexibility index (Phi) is 5.65. The number of benzene rings is 1. The van der Waals surface area contributed by atoms with E-state index in [-0.39, 0.29) is 21.3 Å². The highest BCUT2D eigenvalue weighted by atomic mass is 35.5. The molecule has 2 amide bonds. The van der Waals surface area contributed by atoms with Crippen LogP contribution in [0.15, 0.2) is 36.5 Å². The van der Waals surface area contributed by atoms with E-state index in [1.165, 1.54) is 30.5 Å². The van der Waals surface area contributed by atoms with Crippen LogP contribution in [-0.4, -0.2) is 27.3 Å². The summed E-state index contributed by atoms with van der Waals surface area (Å²) in [6.45, 7) is 5.14. The van der Waals surface area contributed by atoms with Crippen molar-refractivity contribution in [2.24, 2.45) is 0 Å². The number of nitrogens with one attached hydrogen (secondary N) is 1. The number of amides is 2. The molecule has 0 atom stereocenters. The monoisotopic (exact) mass is 383 g/mol. The Labute approximate surface area is 154 Å². The lowest BCUT2D eigenvalue weighted by Crippen LogP contribution is -2.56. The van der Waals surface area contributed by atoms with Crippen LogP contribution >= 0.6 is 23.2 Å². The third-order valence-corrected chi connectivity index (χ3v) is 3.78. The number of carbonyl (C=O) groups is 2. The molecule has 0 aliphatic heterocycles. The Hall–Kier alpha value is -2.18. The summed E-state index contributed by atoms with van der Waals surface area (Å²) in [5, 5.41) is 1.32. The first-order valence-corrected chi connectivity index (χ1v) is 8.08. The van der Waals surface area contributed by atoms with E-state index in [0.717, 1.165) is 11.1 Å². The number of hydrogen-bond donors (Lipinski definition) is 1. The largest absolute Gasteiger partial charge is 0.275 e. The molecule has 2 aromatic rings. The van der Waals surface area contributed by atoms with Crippen molar-refractivity contribution >= 4 is 35.0 Å². The maximum Gasteiger partial charge on any atom is 0.275 e. The number of hydrogen-bond acceptors (Lipinski definition) is 3. The first-order chi connectivity index (χ1) is 11.6. The molecule has 0 aliphatic carbocycles. The molecule has 0 spiro atoms. The second kappa shape index (κ2) is 7.37. The van der Waals surface area contributed by atoms with Crippen LogP contribution in [0.25, 0.3) is 0 Å². The van der Waals surface area contributed by atoms with Crippen molar-refractivity contribution in [3.8, 4) is 0 Å². The van der Waals surface area contributed by atoms with Gasteiger partial charge in [0.1, 0.15) is 11.0 Å². The van der Waals surface area contributed by atoms with E-state index in [9.17, 15) is 14.0 Å². The molecule has 0 saturated heterocycles. The highest BCUT2D eigenvalue weighted by Gasteiger charge is 2.31. The summed E-state index contributed by atoms with van der Waals surface area (Å²) < 4.78 is 13.8. The number of nitrogens with zero attached hydrogens (tertiary/aromatic N) is 2. The minimum Gasteiger partial charge on any atom is -0.267 e. The average Bonchev–Trinajstić information content (AvgIpc) is 2.51. The first-order valence-electron chi connectivity index (χ1n) is 7.32. The fourth-order valence-electron chi connectivity index (χ4n) is 2.02. The van der Waals surface area contributed by atoms with Gasteiger partial charge in [0.25, 0.3) is 11.8 Å². The molecule has 8 heteroatoms. The van der Waals surface area contributed by atoms with Gasteiger partial charge in [-0.05, 0) is 39.0 Å². The molecule has 0 fully saturated rings. The van der Waals surface area contributed by atoms with E-state index in [4.69, 9.17) is 23.2 Å². The SMILES string of the molecule is CC(C)(C)N(NC(=O)c1ccccc1F)C(=O)c1cnc(Cl)cc1Cl. The number of aromatic nitrogens is 1. The first kappa shape index (κ1) is 19.1. The smallest absolute Gasteiger partial charge is 0.267 e. The fraction of sp³-hybridized carbons (Fsp3) is 0.235. The summed E-state index contributed by atoms with van der Waals surface area (Å²) in [5.74, 6) is -2.03. The Morgan fingerprint density at radius 1 is 1.16 bits per heavy atom. The van der Waals surface area contributed by atoms with Crippen molar-refractivity contribution in [2.75, 3.05) is 0 Å². The zero-order valence-corrected chi connectivity index (χ0v) is 15.3. The molecule has 1 heterocycles. The van der Waals surface area contributed by atoms with E-state index < -0.39 is 23.2 Å². The van der Waals surface area contributed by atoms with Crippen LogP contribution in [0.4, 0.5) is 4.39 Å². The van der Waals surface area contributed by atoms with E-state index in [2.05, 4.69) is 10.4 Å². The molecule has 25 heavy (non-hydrogen) atoms. The number of pyridine rings is 1. The van der Waals surface area contributed by atoms with Crippen LogP contribution < -0.4 is 5.43 Å². The third kappa shape index (κ3) is 4.46. The van der Waals surface area contributed by atoms with Gasteiger partial charge in [-0.25, -0.2) is 14.4 Å². The Morgan fingerprint density at radius 3 is 2.36 bits per heavy atom. The predicted octanol–water partition coefficient (Wildman–Crippen LogP) is 4.11. The van der Waals surface area contributed by atoms with Crippen LogP contribution in [0, 0.1) is 5.82 Å². The van der Waals surface area contributed by atoms with Crippen molar-refractivity contribution in [1.29, 1.82) is 0 Å². The molecule has 0 saturated carbocycles. The summed E-state index contributed by atoms with van der Waals surface area (Å²) in [5.41, 5.74) is 1.52. The molecular formula is C17H16Cl2FN3O2. The van der Waals surface area contributed by atoms with E-state index >= 15 is 0 Å². The van der Waals surface area contributed by atoms with Gasteiger partial charge in [-0.15, -0.1) is 0 Å². The highest BCUT2D eigenvalue weighted by Crippen LogP contribution is 2.23. The van der Waals surface area contributed by atoms with E-state index in [1.54, 1.807) is 20.8 Å². The Balaban J connectivity index is 2.35. The molecule has 0 aliphatic rings. The highest BCUT2D eigenvalue weighted by molar-refractivity contribution is 6.36. The van der Waals surface area contributed by atoms with Gasteiger partial charge < -0.3 is 0 Å². The van der Waals surface area contributed by atoms with Gasteiger partial charge in [0.2, 0.25) is 0 Å². The number of halogens is 3. The molecule has 0 radical (unpaired) electrons. The summed E-state index contributed by atoms with van der Waals surface area (Å²) >= 11 is 11.8. The number of hydrazine groups is 1. The van der Waals surface area contributed by atoms with Gasteiger partial charge in [-0.3, -0.25) is 15.0 Å². The zero-order valence-electron chi connectivity index (χ0n) is 13.8. The normalized spacial score (nSPS) is 11.1. The lowest BCUT2D eigenvalue weighted by Gasteiger charge is -2.35. The lowest BCUT2D eigenvalue weighted by molar-refractivity contribution is 0.0357. The molecule has 2 rings (SSSR count). The molecule has 1 N–H and O–H groups in total. The number of carbonyl (C=O) groups excluding carboxylic acids is 2. The maximum absolute atomic E-state index is 13.8. The quantitative estimate of drug-likeness (QED) is 0.626. The number of rotatable bonds is 2. The summed E-state index contributed by atoms with van der Waals surface area (Å²) in [4.78, 5) is 29.0. The van der Waals surface area contributed by atoms with Crippen molar-refractivity contribution in [3.63, 3.8) is 0 Å².